The first kappa shape index (κ1) is 33.3. The number of nitrogens with zero attached hydrogens (tertiary/aromatic N) is 1. The summed E-state index contributed by atoms with van der Waals surface area (Å²) in [6.45, 7) is 0. The van der Waals surface area contributed by atoms with Crippen LogP contribution in [0.25, 0.3) is 98.8 Å². The van der Waals surface area contributed by atoms with Crippen molar-refractivity contribution in [3.63, 3.8) is 0 Å². The van der Waals surface area contributed by atoms with Gasteiger partial charge in [-0.3, -0.25) is 0 Å². The van der Waals surface area contributed by atoms with E-state index >= 15 is 0 Å². The molecule has 0 radical (unpaired) electrons. The molecule has 12 rings (SSSR count). The highest BCUT2D eigenvalue weighted by atomic mass is 16.3. The van der Waals surface area contributed by atoms with Gasteiger partial charge in [0.1, 0.15) is 22.3 Å². The van der Waals surface area contributed by atoms with Gasteiger partial charge in [-0.05, 0) is 104 Å². The molecular weight excluding hydrogens is 719 g/mol. The molecule has 0 saturated carbocycles. The first-order valence-electron chi connectivity index (χ1n) is 20.1. The summed E-state index contributed by atoms with van der Waals surface area (Å²) < 4.78 is 12.8. The number of hydrogen-bond donors (Lipinski definition) is 0. The maximum atomic E-state index is 6.50. The zero-order chi connectivity index (χ0) is 38.9. The highest BCUT2D eigenvalue weighted by Gasteiger charge is 2.23. The molecule has 3 heteroatoms. The van der Waals surface area contributed by atoms with Gasteiger partial charge >= 0.3 is 0 Å². The zero-order valence-electron chi connectivity index (χ0n) is 32.0. The standard InChI is InChI=1S/C56H35NO2/c1-2-12-37(13-3-1)44-31-28-40(43-18-10-19-45-42-15-5-4-14-38(42)26-32-46(43)45)34-51(44)57(50-20-11-23-54-56(50)49-17-7-9-22-53(49)58-54)41-29-24-36(25-30-41)39-27-33-48-47-16-6-8-21-52(47)59-55(48)35-39/h1-35H. The zero-order valence-corrected chi connectivity index (χ0v) is 32.0. The molecule has 3 nitrogen and oxygen atoms in total. The van der Waals surface area contributed by atoms with E-state index in [1.807, 2.05) is 18.2 Å². The second-order valence-electron chi connectivity index (χ2n) is 15.2. The average molecular weight is 754 g/mol. The van der Waals surface area contributed by atoms with Crippen LogP contribution in [0.3, 0.4) is 0 Å². The van der Waals surface area contributed by atoms with Gasteiger partial charge in [-0.2, -0.15) is 0 Å². The fourth-order valence-corrected chi connectivity index (χ4v) is 9.10. The molecule has 0 aliphatic heterocycles. The van der Waals surface area contributed by atoms with Gasteiger partial charge in [-0.1, -0.05) is 158 Å². The van der Waals surface area contributed by atoms with Crippen molar-refractivity contribution in [3.8, 4) is 33.4 Å². The van der Waals surface area contributed by atoms with Gasteiger partial charge in [0.25, 0.3) is 0 Å². The predicted molar refractivity (Wildman–Crippen MR) is 247 cm³/mol. The third-order valence-electron chi connectivity index (χ3n) is 11.9. The van der Waals surface area contributed by atoms with E-state index in [1.165, 1.54) is 27.1 Å². The van der Waals surface area contributed by atoms with Crippen LogP contribution in [0, 0.1) is 0 Å². The normalized spacial score (nSPS) is 11.7. The fraction of sp³-hybridized carbons (Fsp3) is 0. The Kier molecular flexibility index (Phi) is 7.54. The largest absolute Gasteiger partial charge is 0.456 e. The minimum atomic E-state index is 0.850. The molecule has 276 valence electrons. The summed E-state index contributed by atoms with van der Waals surface area (Å²) in [4.78, 5) is 2.42. The highest BCUT2D eigenvalue weighted by molar-refractivity contribution is 6.15. The Morgan fingerprint density at radius 2 is 0.915 bits per heavy atom. The smallest absolute Gasteiger partial charge is 0.137 e. The molecule has 0 N–H and O–H groups in total. The SMILES string of the molecule is c1ccc(-c2ccc(-c3cccc4c3ccc3ccccc34)cc2N(c2ccc(-c3ccc4c(c3)oc3ccccc34)cc2)c2cccc3oc4ccccc4c23)cc1. The van der Waals surface area contributed by atoms with E-state index in [1.54, 1.807) is 0 Å². The third-order valence-corrected chi connectivity index (χ3v) is 11.9. The van der Waals surface area contributed by atoms with Crippen molar-refractivity contribution < 1.29 is 8.83 Å². The Bertz CT molecular complexity index is 3560. The van der Waals surface area contributed by atoms with Crippen molar-refractivity contribution in [2.45, 2.75) is 0 Å². The molecule has 0 amide bonds. The van der Waals surface area contributed by atoms with Crippen molar-refractivity contribution in [2.75, 3.05) is 4.90 Å². The highest BCUT2D eigenvalue weighted by Crippen LogP contribution is 2.48. The molecular formula is C56H35NO2. The first-order chi connectivity index (χ1) is 29.2. The molecule has 0 spiro atoms. The van der Waals surface area contributed by atoms with E-state index in [0.717, 1.165) is 88.8 Å². The summed E-state index contributed by atoms with van der Waals surface area (Å²) in [5.41, 5.74) is 13.5. The number of benzene rings is 10. The van der Waals surface area contributed by atoms with Crippen molar-refractivity contribution in [1.29, 1.82) is 0 Å². The molecule has 0 saturated heterocycles. The molecule has 0 aliphatic rings. The first-order valence-corrected chi connectivity index (χ1v) is 20.1. The molecule has 0 aliphatic carbocycles. The summed E-state index contributed by atoms with van der Waals surface area (Å²) in [7, 11) is 0. The number of anilines is 3. The van der Waals surface area contributed by atoms with Crippen LogP contribution in [0.2, 0.25) is 0 Å². The molecule has 2 heterocycles. The summed E-state index contributed by atoms with van der Waals surface area (Å²) in [6.07, 6.45) is 0. The third kappa shape index (κ3) is 5.44. The van der Waals surface area contributed by atoms with Crippen LogP contribution in [-0.4, -0.2) is 0 Å². The number of hydrogen-bond acceptors (Lipinski definition) is 3. The lowest BCUT2D eigenvalue weighted by Crippen LogP contribution is -2.12. The van der Waals surface area contributed by atoms with Crippen molar-refractivity contribution in [3.05, 3.63) is 212 Å². The second-order valence-corrected chi connectivity index (χ2v) is 15.2. The Labute approximate surface area is 340 Å². The van der Waals surface area contributed by atoms with Crippen LogP contribution in [0.1, 0.15) is 0 Å². The van der Waals surface area contributed by atoms with Crippen molar-refractivity contribution in [1.82, 2.24) is 0 Å². The maximum Gasteiger partial charge on any atom is 0.137 e. The van der Waals surface area contributed by atoms with Crippen LogP contribution >= 0.6 is 0 Å². The summed E-state index contributed by atoms with van der Waals surface area (Å²) >= 11 is 0. The van der Waals surface area contributed by atoms with Crippen LogP contribution in [-0.2, 0) is 0 Å². The van der Waals surface area contributed by atoms with E-state index in [0.29, 0.717) is 0 Å². The topological polar surface area (TPSA) is 29.5 Å². The van der Waals surface area contributed by atoms with Gasteiger partial charge < -0.3 is 13.7 Å². The molecule has 10 aromatic carbocycles. The number of fused-ring (bicyclic) bond motifs is 9. The molecule has 0 atom stereocenters. The second kappa shape index (κ2) is 13.4. The summed E-state index contributed by atoms with van der Waals surface area (Å²) in [5, 5.41) is 9.38. The maximum absolute atomic E-state index is 6.50. The Morgan fingerprint density at radius 3 is 1.78 bits per heavy atom. The van der Waals surface area contributed by atoms with Gasteiger partial charge in [0.15, 0.2) is 0 Å². The Balaban J connectivity index is 1.09. The number of furan rings is 2. The lowest BCUT2D eigenvalue weighted by molar-refractivity contribution is 0.668. The number of para-hydroxylation sites is 2. The monoisotopic (exact) mass is 753 g/mol. The van der Waals surface area contributed by atoms with Gasteiger partial charge in [0, 0.05) is 27.4 Å². The molecule has 0 fully saturated rings. The van der Waals surface area contributed by atoms with E-state index in [2.05, 4.69) is 199 Å². The van der Waals surface area contributed by atoms with Gasteiger partial charge in [0.05, 0.1) is 16.8 Å². The van der Waals surface area contributed by atoms with E-state index in [-0.39, 0.29) is 0 Å². The van der Waals surface area contributed by atoms with Gasteiger partial charge in [-0.25, -0.2) is 0 Å². The van der Waals surface area contributed by atoms with Crippen LogP contribution in [0.4, 0.5) is 17.1 Å². The molecule has 0 unspecified atom stereocenters. The predicted octanol–water partition coefficient (Wildman–Crippen LogP) is 16.3. The summed E-state index contributed by atoms with van der Waals surface area (Å²) in [6, 6.07) is 75.9. The van der Waals surface area contributed by atoms with Crippen molar-refractivity contribution in [2.24, 2.45) is 0 Å². The minimum absolute atomic E-state index is 0.850. The minimum Gasteiger partial charge on any atom is -0.456 e. The van der Waals surface area contributed by atoms with Crippen LogP contribution in [0.15, 0.2) is 221 Å². The number of rotatable bonds is 6. The summed E-state index contributed by atoms with van der Waals surface area (Å²) in [5.74, 6) is 0. The lowest BCUT2D eigenvalue weighted by atomic mass is 9.92. The van der Waals surface area contributed by atoms with E-state index in [9.17, 15) is 0 Å². The quantitative estimate of drug-likeness (QED) is 0.158. The lowest BCUT2D eigenvalue weighted by Gasteiger charge is -2.29. The molecule has 0 bridgehead atoms. The van der Waals surface area contributed by atoms with Crippen LogP contribution in [0.5, 0.6) is 0 Å². The van der Waals surface area contributed by atoms with Crippen LogP contribution < -0.4 is 4.90 Å². The molecule has 59 heavy (non-hydrogen) atoms. The molecule has 2 aromatic heterocycles. The van der Waals surface area contributed by atoms with Crippen molar-refractivity contribution >= 4 is 82.5 Å². The van der Waals surface area contributed by atoms with Gasteiger partial charge in [-0.15, -0.1) is 0 Å². The van der Waals surface area contributed by atoms with Gasteiger partial charge in [0.2, 0.25) is 0 Å². The molecule has 12 aromatic rings. The average Bonchev–Trinajstić information content (AvgIpc) is 3.88. The van der Waals surface area contributed by atoms with E-state index in [4.69, 9.17) is 8.83 Å². The Hall–Kier alpha value is -7.88. The Morgan fingerprint density at radius 1 is 0.288 bits per heavy atom. The van der Waals surface area contributed by atoms with E-state index < -0.39 is 0 Å². The fourth-order valence-electron chi connectivity index (χ4n) is 9.10.